The van der Waals surface area contributed by atoms with Crippen molar-refractivity contribution < 1.29 is 9.59 Å². The molecule has 0 radical (unpaired) electrons. The van der Waals surface area contributed by atoms with Crippen LogP contribution in [0.15, 0.2) is 41.8 Å². The zero-order valence-electron chi connectivity index (χ0n) is 22.0. The van der Waals surface area contributed by atoms with E-state index in [4.69, 9.17) is 5.73 Å². The van der Waals surface area contributed by atoms with E-state index in [2.05, 4.69) is 36.7 Å². The molecule has 2 amide bonds. The number of nitrogens with one attached hydrogen (secondary N) is 1. The second-order valence-electron chi connectivity index (χ2n) is 11.4. The van der Waals surface area contributed by atoms with Crippen molar-refractivity contribution in [2.24, 2.45) is 17.3 Å². The number of thiophene rings is 1. The molecule has 1 aliphatic heterocycles. The van der Waals surface area contributed by atoms with E-state index in [1.165, 1.54) is 24.1 Å². The smallest absolute Gasteiger partial charge is 0.226 e. The Bertz CT molecular complexity index is 972. The van der Waals surface area contributed by atoms with E-state index in [9.17, 15) is 9.59 Å². The second kappa shape index (κ2) is 12.3. The molecule has 0 bridgehead atoms. The van der Waals surface area contributed by atoms with Gasteiger partial charge in [-0.1, -0.05) is 51.3 Å². The number of carbonyl (C=O) groups excluding carboxylic acids is 2. The van der Waals surface area contributed by atoms with E-state index in [0.717, 1.165) is 36.9 Å². The third-order valence-corrected chi connectivity index (χ3v) is 9.01. The molecule has 5 nitrogen and oxygen atoms in total. The average molecular weight is 510 g/mol. The zero-order chi connectivity index (χ0) is 25.5. The molecule has 0 spiro atoms. The van der Waals surface area contributed by atoms with Crippen LogP contribution in [0.5, 0.6) is 0 Å². The molecule has 2 heterocycles. The van der Waals surface area contributed by atoms with Crippen LogP contribution >= 0.6 is 11.3 Å². The van der Waals surface area contributed by atoms with E-state index < -0.39 is 5.41 Å². The number of nitrogens with two attached hydrogens (primary N) is 1. The molecule has 2 aliphatic rings. The van der Waals surface area contributed by atoms with Crippen LogP contribution in [0.1, 0.15) is 75.7 Å². The van der Waals surface area contributed by atoms with Gasteiger partial charge < -0.3 is 16.0 Å². The Hall–Kier alpha value is -2.34. The van der Waals surface area contributed by atoms with Crippen LogP contribution in [0.2, 0.25) is 0 Å². The number of hydrogen-bond acceptors (Lipinski definition) is 4. The molecule has 4 rings (SSSR count). The Morgan fingerprint density at radius 1 is 1.08 bits per heavy atom. The standard InChI is InChI=1S/C30H43N3O2S/c1-22(2)19-24(20-27-9-6-18-36-27)28(34)33-16-14-30(15-17-33,21-23-10-12-25(31)13-11-23)29(35)32-26-7-4-3-5-8-26/h6,9-13,18,22,24,26H,3-5,7-8,14-17,19-21,31H2,1-2H3,(H,32,35)/t24-/m0/s1. The number of benzene rings is 1. The summed E-state index contributed by atoms with van der Waals surface area (Å²) < 4.78 is 0. The number of piperidine rings is 1. The van der Waals surface area contributed by atoms with Gasteiger partial charge in [0.15, 0.2) is 0 Å². The van der Waals surface area contributed by atoms with Gasteiger partial charge in [-0.15, -0.1) is 11.3 Å². The Morgan fingerprint density at radius 2 is 1.78 bits per heavy atom. The minimum absolute atomic E-state index is 0.00399. The van der Waals surface area contributed by atoms with E-state index in [-0.39, 0.29) is 23.8 Å². The van der Waals surface area contributed by atoms with Gasteiger partial charge >= 0.3 is 0 Å². The third-order valence-electron chi connectivity index (χ3n) is 8.11. The van der Waals surface area contributed by atoms with E-state index in [1.54, 1.807) is 11.3 Å². The number of hydrogen-bond donors (Lipinski definition) is 2. The summed E-state index contributed by atoms with van der Waals surface area (Å²) >= 11 is 1.73. The van der Waals surface area contributed by atoms with Crippen molar-refractivity contribution in [3.05, 3.63) is 52.2 Å². The summed E-state index contributed by atoms with van der Waals surface area (Å²) in [6.07, 6.45) is 9.61. The third kappa shape index (κ3) is 6.90. The van der Waals surface area contributed by atoms with Crippen LogP contribution in [0.4, 0.5) is 5.69 Å². The summed E-state index contributed by atoms with van der Waals surface area (Å²) in [6, 6.07) is 12.4. The van der Waals surface area contributed by atoms with Gasteiger partial charge in [0.25, 0.3) is 0 Å². The van der Waals surface area contributed by atoms with Gasteiger partial charge in [0, 0.05) is 35.6 Å². The minimum Gasteiger partial charge on any atom is -0.399 e. The molecule has 6 heteroatoms. The summed E-state index contributed by atoms with van der Waals surface area (Å²) in [5.74, 6) is 0.903. The lowest BCUT2D eigenvalue weighted by molar-refractivity contribution is -0.144. The molecule has 1 atom stereocenters. The second-order valence-corrected chi connectivity index (χ2v) is 12.5. The van der Waals surface area contributed by atoms with Gasteiger partial charge in [-0.3, -0.25) is 9.59 Å². The van der Waals surface area contributed by atoms with Crippen molar-refractivity contribution in [2.45, 2.75) is 84.1 Å². The highest BCUT2D eigenvalue weighted by Crippen LogP contribution is 2.37. The summed E-state index contributed by atoms with van der Waals surface area (Å²) in [5.41, 5.74) is 7.31. The quantitative estimate of drug-likeness (QED) is 0.417. The molecule has 196 valence electrons. The van der Waals surface area contributed by atoms with Crippen molar-refractivity contribution in [3.63, 3.8) is 0 Å². The largest absolute Gasteiger partial charge is 0.399 e. The van der Waals surface area contributed by atoms with E-state index in [0.29, 0.717) is 38.3 Å². The van der Waals surface area contributed by atoms with Crippen LogP contribution in [-0.4, -0.2) is 35.8 Å². The number of nitrogens with zero attached hydrogens (tertiary/aromatic N) is 1. The first-order valence-electron chi connectivity index (χ1n) is 13.8. The van der Waals surface area contributed by atoms with Gasteiger partial charge in [0.2, 0.25) is 11.8 Å². The van der Waals surface area contributed by atoms with Crippen molar-refractivity contribution in [2.75, 3.05) is 18.8 Å². The highest BCUT2D eigenvalue weighted by atomic mass is 32.1. The molecule has 0 unspecified atom stereocenters. The molecule has 1 aromatic carbocycles. The highest BCUT2D eigenvalue weighted by molar-refractivity contribution is 7.09. The Labute approximate surface area is 220 Å². The Kier molecular flexibility index (Phi) is 9.10. The highest BCUT2D eigenvalue weighted by Gasteiger charge is 2.43. The summed E-state index contributed by atoms with van der Waals surface area (Å²) in [6.45, 7) is 5.67. The average Bonchev–Trinajstić information content (AvgIpc) is 3.39. The summed E-state index contributed by atoms with van der Waals surface area (Å²) in [4.78, 5) is 30.8. The first kappa shape index (κ1) is 26.7. The number of carbonyl (C=O) groups is 2. The molecular formula is C30H43N3O2S. The summed E-state index contributed by atoms with van der Waals surface area (Å²) in [5, 5.41) is 5.50. The maximum atomic E-state index is 13.8. The molecule has 3 N–H and O–H groups in total. The minimum atomic E-state index is -0.481. The molecule has 36 heavy (non-hydrogen) atoms. The molecular weight excluding hydrogens is 466 g/mol. The van der Waals surface area contributed by atoms with Crippen molar-refractivity contribution in [3.8, 4) is 0 Å². The molecule has 1 aliphatic carbocycles. The van der Waals surface area contributed by atoms with Gasteiger partial charge in [-0.05, 0) is 80.0 Å². The lowest BCUT2D eigenvalue weighted by atomic mass is 9.72. The monoisotopic (exact) mass is 509 g/mol. The van der Waals surface area contributed by atoms with Crippen molar-refractivity contribution in [1.82, 2.24) is 10.2 Å². The van der Waals surface area contributed by atoms with Gasteiger partial charge in [0.05, 0.1) is 5.41 Å². The summed E-state index contributed by atoms with van der Waals surface area (Å²) in [7, 11) is 0. The maximum absolute atomic E-state index is 13.8. The fourth-order valence-electron chi connectivity index (χ4n) is 6.02. The van der Waals surface area contributed by atoms with E-state index in [1.807, 2.05) is 29.2 Å². The predicted octanol–water partition coefficient (Wildman–Crippen LogP) is 5.84. The first-order chi connectivity index (χ1) is 17.3. The maximum Gasteiger partial charge on any atom is 0.226 e. The number of rotatable bonds is 9. The van der Waals surface area contributed by atoms with Crippen LogP contribution in [0.3, 0.4) is 0 Å². The first-order valence-corrected chi connectivity index (χ1v) is 14.7. The van der Waals surface area contributed by atoms with Gasteiger partial charge in [0.1, 0.15) is 0 Å². The Balaban J connectivity index is 1.47. The van der Waals surface area contributed by atoms with Gasteiger partial charge in [-0.25, -0.2) is 0 Å². The van der Waals surface area contributed by atoms with Crippen molar-refractivity contribution in [1.29, 1.82) is 0 Å². The Morgan fingerprint density at radius 3 is 2.39 bits per heavy atom. The normalized spacial score (nSPS) is 19.2. The zero-order valence-corrected chi connectivity index (χ0v) is 22.8. The van der Waals surface area contributed by atoms with Crippen LogP contribution in [0, 0.1) is 17.3 Å². The molecule has 1 aromatic heterocycles. The number of likely N-dealkylation sites (tertiary alicyclic amines) is 1. The lowest BCUT2D eigenvalue weighted by Crippen LogP contribution is -2.54. The predicted molar refractivity (Wildman–Crippen MR) is 149 cm³/mol. The fourth-order valence-corrected chi connectivity index (χ4v) is 6.81. The van der Waals surface area contributed by atoms with Crippen LogP contribution in [-0.2, 0) is 22.4 Å². The SMILES string of the molecule is CC(C)C[C@@H](Cc1cccs1)C(=O)N1CCC(Cc2ccc(N)cc2)(C(=O)NC2CCCCC2)CC1. The lowest BCUT2D eigenvalue weighted by Gasteiger charge is -2.43. The van der Waals surface area contributed by atoms with Crippen LogP contribution < -0.4 is 11.1 Å². The molecule has 2 aromatic rings. The van der Waals surface area contributed by atoms with Gasteiger partial charge in [-0.2, -0.15) is 0 Å². The molecule has 1 saturated heterocycles. The molecule has 1 saturated carbocycles. The number of anilines is 1. The van der Waals surface area contributed by atoms with E-state index >= 15 is 0 Å². The number of amides is 2. The fraction of sp³-hybridized carbons (Fsp3) is 0.600. The molecule has 2 fully saturated rings. The van der Waals surface area contributed by atoms with Crippen molar-refractivity contribution >= 4 is 28.8 Å². The number of nitrogen functional groups attached to an aromatic ring is 1. The topological polar surface area (TPSA) is 75.4 Å². The van der Waals surface area contributed by atoms with Crippen LogP contribution in [0.25, 0.3) is 0 Å².